The van der Waals surface area contributed by atoms with Crippen molar-refractivity contribution in [2.24, 2.45) is 5.92 Å². The van der Waals surface area contributed by atoms with Crippen molar-refractivity contribution < 1.29 is 22.5 Å². The molecule has 10 heteroatoms. The number of carbonyl (C=O) groups is 2. The summed E-state index contributed by atoms with van der Waals surface area (Å²) in [7, 11) is -2.37. The summed E-state index contributed by atoms with van der Waals surface area (Å²) in [5, 5.41) is 6.56. The van der Waals surface area contributed by atoms with Crippen molar-refractivity contribution in [2.45, 2.75) is 84.2 Å². The number of amides is 2. The number of rotatable bonds is 14. The summed E-state index contributed by atoms with van der Waals surface area (Å²) in [4.78, 5) is 28.0. The fourth-order valence-electron chi connectivity index (χ4n) is 4.65. The van der Waals surface area contributed by atoms with Crippen LogP contribution in [0.25, 0.3) is 11.1 Å². The number of carbonyl (C=O) groups excluding carboxylic acids is 2. The van der Waals surface area contributed by atoms with Gasteiger partial charge in [0.25, 0.3) is 10.0 Å². The van der Waals surface area contributed by atoms with Gasteiger partial charge in [-0.1, -0.05) is 81.2 Å². The van der Waals surface area contributed by atoms with E-state index in [0.717, 1.165) is 24.8 Å². The number of unbranched alkanes of at least 4 members (excludes halogenated alkanes) is 2. The first-order chi connectivity index (χ1) is 19.5. The van der Waals surface area contributed by atoms with E-state index in [1.807, 2.05) is 38.1 Å². The average molecular weight is 583 g/mol. The standard InChI is InChI=1S/C31H42N4O5S/c1-7-8-9-14-29(36)35(27(19-21(2)3)31(37)32-6)20-24-15-17-25(18-16-24)26-12-10-11-13-28(26)41(38,39)34-30-22(4)23(5)40-33-30/h10-13,15-18,21,27H,7-9,14,19-20H2,1-6H3,(H,32,37)(H,33,34)/t27-/m0/s1. The Bertz CT molecular complexity index is 1430. The molecule has 9 nitrogen and oxygen atoms in total. The first-order valence-corrected chi connectivity index (χ1v) is 15.6. The largest absolute Gasteiger partial charge is 0.359 e. The van der Waals surface area contributed by atoms with Crippen molar-refractivity contribution in [2.75, 3.05) is 11.8 Å². The lowest BCUT2D eigenvalue weighted by Gasteiger charge is -2.32. The maximum atomic E-state index is 13.3. The summed E-state index contributed by atoms with van der Waals surface area (Å²) < 4.78 is 34.3. The molecule has 0 radical (unpaired) electrons. The van der Waals surface area contributed by atoms with E-state index in [2.05, 4.69) is 22.1 Å². The lowest BCUT2D eigenvalue weighted by Crippen LogP contribution is -2.49. The van der Waals surface area contributed by atoms with Crippen molar-refractivity contribution in [3.8, 4) is 11.1 Å². The highest BCUT2D eigenvalue weighted by atomic mass is 32.2. The Hall–Kier alpha value is -3.66. The van der Waals surface area contributed by atoms with E-state index < -0.39 is 16.1 Å². The average Bonchev–Trinajstić information content (AvgIpc) is 3.26. The van der Waals surface area contributed by atoms with Gasteiger partial charge in [0.1, 0.15) is 11.8 Å². The number of aromatic nitrogens is 1. The molecule has 41 heavy (non-hydrogen) atoms. The summed E-state index contributed by atoms with van der Waals surface area (Å²) >= 11 is 0. The van der Waals surface area contributed by atoms with Crippen LogP contribution in [0.2, 0.25) is 0 Å². The summed E-state index contributed by atoms with van der Waals surface area (Å²) in [5.74, 6) is 0.698. The van der Waals surface area contributed by atoms with Gasteiger partial charge in [-0.15, -0.1) is 0 Å². The maximum Gasteiger partial charge on any atom is 0.263 e. The molecule has 0 saturated carbocycles. The SMILES string of the molecule is CCCCCC(=O)N(Cc1ccc(-c2ccccc2S(=O)(=O)Nc2noc(C)c2C)cc1)[C@@H](CC(C)C)C(=O)NC. The van der Waals surface area contributed by atoms with Gasteiger partial charge in [0.05, 0.1) is 4.90 Å². The third kappa shape index (κ3) is 8.19. The van der Waals surface area contributed by atoms with Gasteiger partial charge in [-0.2, -0.15) is 0 Å². The minimum absolute atomic E-state index is 0.0438. The zero-order valence-electron chi connectivity index (χ0n) is 24.9. The Balaban J connectivity index is 1.90. The molecule has 1 atom stereocenters. The number of hydrogen-bond acceptors (Lipinski definition) is 6. The van der Waals surface area contributed by atoms with Gasteiger partial charge < -0.3 is 14.7 Å². The molecule has 3 rings (SSSR count). The Kier molecular flexibility index (Phi) is 11.1. The predicted octanol–water partition coefficient (Wildman–Crippen LogP) is 5.83. The van der Waals surface area contributed by atoms with E-state index in [4.69, 9.17) is 4.52 Å². The van der Waals surface area contributed by atoms with Crippen LogP contribution in [0.3, 0.4) is 0 Å². The van der Waals surface area contributed by atoms with Crippen molar-refractivity contribution in [1.29, 1.82) is 0 Å². The first-order valence-electron chi connectivity index (χ1n) is 14.1. The molecule has 0 bridgehead atoms. The monoisotopic (exact) mass is 582 g/mol. The lowest BCUT2D eigenvalue weighted by atomic mass is 9.99. The summed E-state index contributed by atoms with van der Waals surface area (Å²) in [6.07, 6.45) is 3.68. The van der Waals surface area contributed by atoms with Crippen LogP contribution in [0.4, 0.5) is 5.82 Å². The molecule has 0 aliphatic rings. The molecule has 1 heterocycles. The Labute approximate surface area is 243 Å². The number of nitrogens with one attached hydrogen (secondary N) is 2. The van der Waals surface area contributed by atoms with Crippen LogP contribution < -0.4 is 10.0 Å². The number of benzene rings is 2. The molecule has 0 unspecified atom stereocenters. The highest BCUT2D eigenvalue weighted by Crippen LogP contribution is 2.30. The predicted molar refractivity (Wildman–Crippen MR) is 161 cm³/mol. The highest BCUT2D eigenvalue weighted by molar-refractivity contribution is 7.92. The van der Waals surface area contributed by atoms with Crippen molar-refractivity contribution in [1.82, 2.24) is 15.4 Å². The first kappa shape index (κ1) is 31.9. The van der Waals surface area contributed by atoms with Crippen molar-refractivity contribution in [3.05, 3.63) is 65.4 Å². The minimum atomic E-state index is -3.96. The van der Waals surface area contributed by atoms with E-state index >= 15 is 0 Å². The second-order valence-corrected chi connectivity index (χ2v) is 12.4. The van der Waals surface area contributed by atoms with E-state index in [-0.39, 0.29) is 35.0 Å². The summed E-state index contributed by atoms with van der Waals surface area (Å²) in [6.45, 7) is 9.90. The molecule has 2 N–H and O–H groups in total. The van der Waals surface area contributed by atoms with E-state index in [9.17, 15) is 18.0 Å². The van der Waals surface area contributed by atoms with Crippen LogP contribution in [0.1, 0.15) is 69.8 Å². The maximum absolute atomic E-state index is 13.3. The van der Waals surface area contributed by atoms with E-state index in [1.54, 1.807) is 50.1 Å². The molecule has 0 aliphatic carbocycles. The summed E-state index contributed by atoms with van der Waals surface area (Å²) in [6, 6.07) is 13.6. The number of nitrogens with zero attached hydrogens (tertiary/aromatic N) is 2. The van der Waals surface area contributed by atoms with Gasteiger partial charge in [-0.05, 0) is 49.8 Å². The number of aryl methyl sites for hydroxylation is 1. The van der Waals surface area contributed by atoms with Crippen molar-refractivity contribution >= 4 is 27.7 Å². The number of sulfonamides is 1. The molecular weight excluding hydrogens is 540 g/mol. The van der Waals surface area contributed by atoms with Gasteiger partial charge in [0.15, 0.2) is 5.82 Å². The molecule has 0 spiro atoms. The fourth-order valence-corrected chi connectivity index (χ4v) is 5.94. The zero-order chi connectivity index (χ0) is 30.2. The zero-order valence-corrected chi connectivity index (χ0v) is 25.7. The normalized spacial score (nSPS) is 12.3. The van der Waals surface area contributed by atoms with E-state index in [1.165, 1.54) is 0 Å². The third-order valence-corrected chi connectivity index (χ3v) is 8.51. The van der Waals surface area contributed by atoms with Gasteiger partial charge >= 0.3 is 0 Å². The molecule has 2 aromatic carbocycles. The Morgan fingerprint density at radius 2 is 1.71 bits per heavy atom. The number of anilines is 1. The van der Waals surface area contributed by atoms with Gasteiger partial charge in [0, 0.05) is 31.1 Å². The van der Waals surface area contributed by atoms with Crippen LogP contribution in [-0.2, 0) is 26.2 Å². The molecule has 2 amide bonds. The van der Waals surface area contributed by atoms with Crippen LogP contribution in [0.15, 0.2) is 57.9 Å². The molecule has 1 aromatic heterocycles. The summed E-state index contributed by atoms with van der Waals surface area (Å²) in [5.41, 5.74) is 2.70. The molecule has 0 aliphatic heterocycles. The van der Waals surface area contributed by atoms with Crippen LogP contribution >= 0.6 is 0 Å². The van der Waals surface area contributed by atoms with Crippen LogP contribution in [0, 0.1) is 19.8 Å². The van der Waals surface area contributed by atoms with Crippen molar-refractivity contribution in [3.63, 3.8) is 0 Å². The highest BCUT2D eigenvalue weighted by Gasteiger charge is 2.30. The second kappa shape index (κ2) is 14.3. The number of likely N-dealkylation sites (N-methyl/N-ethyl adjacent to an activating group) is 1. The van der Waals surface area contributed by atoms with Gasteiger partial charge in [-0.3, -0.25) is 14.3 Å². The van der Waals surface area contributed by atoms with Crippen LogP contribution in [0.5, 0.6) is 0 Å². The second-order valence-electron chi connectivity index (χ2n) is 10.7. The van der Waals surface area contributed by atoms with E-state index in [0.29, 0.717) is 35.3 Å². The number of hydrogen-bond donors (Lipinski definition) is 2. The molecule has 3 aromatic rings. The van der Waals surface area contributed by atoms with Crippen LogP contribution in [-0.4, -0.2) is 43.4 Å². The topological polar surface area (TPSA) is 122 Å². The molecule has 0 saturated heterocycles. The minimum Gasteiger partial charge on any atom is -0.359 e. The van der Waals surface area contributed by atoms with Gasteiger partial charge in [-0.25, -0.2) is 8.42 Å². The lowest BCUT2D eigenvalue weighted by molar-refractivity contribution is -0.141. The third-order valence-electron chi connectivity index (χ3n) is 7.12. The smallest absolute Gasteiger partial charge is 0.263 e. The Morgan fingerprint density at radius 1 is 1.02 bits per heavy atom. The fraction of sp³-hybridized carbons (Fsp3) is 0.452. The molecule has 222 valence electrons. The van der Waals surface area contributed by atoms with Gasteiger partial charge in [0.2, 0.25) is 11.8 Å². The Morgan fingerprint density at radius 3 is 2.29 bits per heavy atom. The molecule has 0 fully saturated rings. The quantitative estimate of drug-likeness (QED) is 0.231. The molecular formula is C31H42N4O5S.